The van der Waals surface area contributed by atoms with Crippen LogP contribution in [0.15, 0.2) is 24.3 Å². The number of amides is 2. The fraction of sp³-hybridized carbons (Fsp3) is 0.429. The zero-order chi connectivity index (χ0) is 15.9. The fourth-order valence-corrected chi connectivity index (χ4v) is 1.69. The van der Waals surface area contributed by atoms with Gasteiger partial charge in [-0.1, -0.05) is 29.8 Å². The second-order valence-electron chi connectivity index (χ2n) is 4.62. The molecule has 0 aliphatic carbocycles. The Morgan fingerprint density at radius 3 is 2.43 bits per heavy atom. The van der Waals surface area contributed by atoms with E-state index in [9.17, 15) is 22.8 Å². The first-order valence-electron chi connectivity index (χ1n) is 6.46. The van der Waals surface area contributed by atoms with E-state index >= 15 is 0 Å². The molecule has 0 fully saturated rings. The van der Waals surface area contributed by atoms with Crippen molar-refractivity contribution >= 4 is 11.8 Å². The number of nitrogens with one attached hydrogen (secondary N) is 2. The molecule has 0 heterocycles. The van der Waals surface area contributed by atoms with E-state index in [1.807, 2.05) is 31.2 Å². The Kier molecular flexibility index (Phi) is 6.20. The minimum absolute atomic E-state index is 0.136. The predicted molar refractivity (Wildman–Crippen MR) is 71.6 cm³/mol. The van der Waals surface area contributed by atoms with Gasteiger partial charge >= 0.3 is 12.1 Å². The lowest BCUT2D eigenvalue weighted by Gasteiger charge is -2.08. The molecule has 0 bridgehead atoms. The average Bonchev–Trinajstić information content (AvgIpc) is 2.36. The van der Waals surface area contributed by atoms with Crippen LogP contribution >= 0.6 is 0 Å². The van der Waals surface area contributed by atoms with Crippen LogP contribution in [-0.4, -0.2) is 31.1 Å². The summed E-state index contributed by atoms with van der Waals surface area (Å²) in [6.07, 6.45) is -4.41. The molecule has 2 N–H and O–H groups in total. The van der Waals surface area contributed by atoms with Crippen molar-refractivity contribution in [3.63, 3.8) is 0 Å². The molecule has 116 valence electrons. The number of carbonyl (C=O) groups excluding carboxylic acids is 2. The van der Waals surface area contributed by atoms with Gasteiger partial charge in [-0.05, 0) is 18.9 Å². The molecule has 1 aromatic carbocycles. The maximum Gasteiger partial charge on any atom is 0.471 e. The number of carbonyl (C=O) groups is 2. The summed E-state index contributed by atoms with van der Waals surface area (Å²) in [7, 11) is 0. The Morgan fingerprint density at radius 1 is 1.14 bits per heavy atom. The van der Waals surface area contributed by atoms with Crippen LogP contribution in [0.1, 0.15) is 17.5 Å². The number of halogens is 3. The van der Waals surface area contributed by atoms with Crippen LogP contribution in [0.4, 0.5) is 13.2 Å². The molecular weight excluding hydrogens is 285 g/mol. The Labute approximate surface area is 120 Å². The van der Waals surface area contributed by atoms with E-state index < -0.39 is 12.1 Å². The largest absolute Gasteiger partial charge is 0.471 e. The highest BCUT2D eigenvalue weighted by Crippen LogP contribution is 2.13. The summed E-state index contributed by atoms with van der Waals surface area (Å²) >= 11 is 0. The van der Waals surface area contributed by atoms with Crippen molar-refractivity contribution in [1.29, 1.82) is 0 Å². The minimum atomic E-state index is -4.87. The summed E-state index contributed by atoms with van der Waals surface area (Å²) in [5.74, 6) is -2.17. The number of rotatable bonds is 6. The second kappa shape index (κ2) is 7.66. The van der Waals surface area contributed by atoms with E-state index in [4.69, 9.17) is 0 Å². The van der Waals surface area contributed by atoms with E-state index in [-0.39, 0.29) is 31.8 Å². The Morgan fingerprint density at radius 2 is 1.81 bits per heavy atom. The number of aryl methyl sites for hydroxylation is 1. The van der Waals surface area contributed by atoms with Gasteiger partial charge in [-0.2, -0.15) is 13.2 Å². The molecule has 2 amide bonds. The van der Waals surface area contributed by atoms with Gasteiger partial charge in [-0.3, -0.25) is 9.59 Å². The highest BCUT2D eigenvalue weighted by atomic mass is 19.4. The van der Waals surface area contributed by atoms with Crippen LogP contribution in [-0.2, 0) is 16.0 Å². The summed E-state index contributed by atoms with van der Waals surface area (Å²) in [4.78, 5) is 22.1. The molecule has 1 rings (SSSR count). The molecule has 21 heavy (non-hydrogen) atoms. The van der Waals surface area contributed by atoms with Crippen LogP contribution in [0.5, 0.6) is 0 Å². The topological polar surface area (TPSA) is 58.2 Å². The van der Waals surface area contributed by atoms with Crippen LogP contribution in [0.3, 0.4) is 0 Å². The lowest BCUT2D eigenvalue weighted by molar-refractivity contribution is -0.173. The zero-order valence-corrected chi connectivity index (χ0v) is 11.6. The third kappa shape index (κ3) is 6.78. The first-order chi connectivity index (χ1) is 9.79. The fourth-order valence-electron chi connectivity index (χ4n) is 1.69. The van der Waals surface area contributed by atoms with Crippen molar-refractivity contribution in [2.75, 3.05) is 13.1 Å². The maximum absolute atomic E-state index is 11.9. The van der Waals surface area contributed by atoms with E-state index in [1.165, 1.54) is 0 Å². The Bertz CT molecular complexity index is 501. The molecule has 0 unspecified atom stereocenters. The van der Waals surface area contributed by atoms with Crippen molar-refractivity contribution in [3.8, 4) is 0 Å². The van der Waals surface area contributed by atoms with Gasteiger partial charge < -0.3 is 10.6 Å². The Hall–Kier alpha value is -2.05. The van der Waals surface area contributed by atoms with E-state index in [0.717, 1.165) is 11.1 Å². The van der Waals surface area contributed by atoms with E-state index in [1.54, 1.807) is 5.32 Å². The van der Waals surface area contributed by atoms with Crippen LogP contribution in [0.2, 0.25) is 0 Å². The van der Waals surface area contributed by atoms with Crippen LogP contribution in [0.25, 0.3) is 0 Å². The van der Waals surface area contributed by atoms with E-state index in [2.05, 4.69) is 5.32 Å². The predicted octanol–water partition coefficient (Wildman–Crippen LogP) is 1.72. The van der Waals surface area contributed by atoms with Crippen LogP contribution < -0.4 is 10.6 Å². The lowest BCUT2D eigenvalue weighted by atomic mass is 10.1. The number of hydrogen-bond donors (Lipinski definition) is 2. The second-order valence-corrected chi connectivity index (χ2v) is 4.62. The average molecular weight is 302 g/mol. The molecule has 0 atom stereocenters. The van der Waals surface area contributed by atoms with Gasteiger partial charge in [0.25, 0.3) is 0 Å². The maximum atomic E-state index is 11.9. The number of benzene rings is 1. The van der Waals surface area contributed by atoms with Crippen molar-refractivity contribution in [1.82, 2.24) is 10.6 Å². The van der Waals surface area contributed by atoms with Gasteiger partial charge in [-0.25, -0.2) is 0 Å². The first-order valence-corrected chi connectivity index (χ1v) is 6.46. The smallest absolute Gasteiger partial charge is 0.356 e. The molecule has 0 aromatic heterocycles. The van der Waals surface area contributed by atoms with Gasteiger partial charge in [0.15, 0.2) is 0 Å². The molecule has 0 aliphatic heterocycles. The monoisotopic (exact) mass is 302 g/mol. The molecule has 0 saturated heterocycles. The first kappa shape index (κ1) is 17.0. The summed E-state index contributed by atoms with van der Waals surface area (Å²) < 4.78 is 35.6. The third-order valence-electron chi connectivity index (χ3n) is 2.67. The van der Waals surface area contributed by atoms with Crippen molar-refractivity contribution in [2.45, 2.75) is 25.9 Å². The van der Waals surface area contributed by atoms with Gasteiger partial charge in [0, 0.05) is 13.1 Å². The molecule has 4 nitrogen and oxygen atoms in total. The van der Waals surface area contributed by atoms with Crippen molar-refractivity contribution in [2.24, 2.45) is 0 Å². The SMILES string of the molecule is Cc1cccc(CC(=O)NCCCNC(=O)C(F)(F)F)c1. The van der Waals surface area contributed by atoms with Gasteiger partial charge in [0.2, 0.25) is 5.91 Å². The zero-order valence-electron chi connectivity index (χ0n) is 11.6. The highest BCUT2D eigenvalue weighted by molar-refractivity contribution is 5.81. The summed E-state index contributed by atoms with van der Waals surface area (Å²) in [6.45, 7) is 2.00. The quantitative estimate of drug-likeness (QED) is 0.786. The molecule has 0 aliphatic rings. The molecule has 7 heteroatoms. The van der Waals surface area contributed by atoms with Gasteiger partial charge in [0.1, 0.15) is 0 Å². The van der Waals surface area contributed by atoms with Gasteiger partial charge in [-0.15, -0.1) is 0 Å². The highest BCUT2D eigenvalue weighted by Gasteiger charge is 2.38. The normalized spacial score (nSPS) is 11.0. The van der Waals surface area contributed by atoms with Gasteiger partial charge in [0.05, 0.1) is 6.42 Å². The molecule has 0 radical (unpaired) electrons. The number of hydrogen-bond acceptors (Lipinski definition) is 2. The van der Waals surface area contributed by atoms with E-state index in [0.29, 0.717) is 0 Å². The molecule has 1 aromatic rings. The Balaban J connectivity index is 2.18. The lowest BCUT2D eigenvalue weighted by Crippen LogP contribution is -2.38. The molecule has 0 spiro atoms. The summed E-state index contributed by atoms with van der Waals surface area (Å²) in [5, 5.41) is 4.33. The van der Waals surface area contributed by atoms with Crippen molar-refractivity contribution in [3.05, 3.63) is 35.4 Å². The third-order valence-corrected chi connectivity index (χ3v) is 2.67. The van der Waals surface area contributed by atoms with Crippen LogP contribution in [0, 0.1) is 6.92 Å². The molecule has 0 saturated carbocycles. The standard InChI is InChI=1S/C14H17F3N2O2/c1-10-4-2-5-11(8-10)9-12(20)18-6-3-7-19-13(21)14(15,16)17/h2,4-5,8H,3,6-7,9H2,1H3,(H,18,20)(H,19,21). The minimum Gasteiger partial charge on any atom is -0.356 e. The number of alkyl halides is 3. The van der Waals surface area contributed by atoms with Crippen molar-refractivity contribution < 1.29 is 22.8 Å². The molecular formula is C14H17F3N2O2. The summed E-state index contributed by atoms with van der Waals surface area (Å²) in [5.41, 5.74) is 1.92. The summed E-state index contributed by atoms with van der Waals surface area (Å²) in [6, 6.07) is 7.49.